The van der Waals surface area contributed by atoms with Gasteiger partial charge < -0.3 is 0 Å². The first-order valence-electron chi connectivity index (χ1n) is 6.40. The van der Waals surface area contributed by atoms with Crippen LogP contribution in [0.4, 0.5) is 5.69 Å². The van der Waals surface area contributed by atoms with Crippen LogP contribution in [-0.4, -0.2) is 6.72 Å². The van der Waals surface area contributed by atoms with Crippen LogP contribution in [0.25, 0.3) is 6.08 Å². The Morgan fingerprint density at radius 1 is 1.29 bits per heavy atom. The quantitative estimate of drug-likeness (QED) is 0.617. The van der Waals surface area contributed by atoms with E-state index in [-0.39, 0.29) is 0 Å². The molecule has 0 saturated heterocycles. The zero-order valence-corrected chi connectivity index (χ0v) is 11.9. The first kappa shape index (κ1) is 15.6. The molecule has 1 heteroatoms. The maximum absolute atomic E-state index is 4.03. The average Bonchev–Trinajstić information content (AvgIpc) is 2.39. The van der Waals surface area contributed by atoms with Crippen LogP contribution in [0.15, 0.2) is 23.7 Å². The molecule has 0 N–H and O–H groups in total. The molecule has 1 rings (SSSR count). The van der Waals surface area contributed by atoms with Gasteiger partial charge in [-0.3, -0.25) is 4.99 Å². The molecule has 17 heavy (non-hydrogen) atoms. The highest BCUT2D eigenvalue weighted by Crippen LogP contribution is 2.29. The minimum absolute atomic E-state index is 0.539. The molecule has 1 aromatic rings. The molecule has 0 fully saturated rings. The molecule has 0 aliphatic heterocycles. The fourth-order valence-corrected chi connectivity index (χ4v) is 1.81. The fraction of sp³-hybridized carbons (Fsp3) is 0.438. The lowest BCUT2D eigenvalue weighted by Gasteiger charge is -2.14. The Labute approximate surface area is 106 Å². The van der Waals surface area contributed by atoms with E-state index in [1.807, 2.05) is 19.9 Å². The maximum Gasteiger partial charge on any atom is 0.0697 e. The number of benzene rings is 1. The van der Waals surface area contributed by atoms with Gasteiger partial charge in [-0.1, -0.05) is 47.3 Å². The number of hydrogen-bond acceptors (Lipinski definition) is 1. The Morgan fingerprint density at radius 2 is 1.88 bits per heavy atom. The van der Waals surface area contributed by atoms with E-state index in [0.717, 1.165) is 17.7 Å². The molecular weight excluding hydrogens is 206 g/mol. The van der Waals surface area contributed by atoms with Gasteiger partial charge in [-0.05, 0) is 47.9 Å². The largest absolute Gasteiger partial charge is 0.264 e. The minimum Gasteiger partial charge on any atom is -0.264 e. The van der Waals surface area contributed by atoms with Gasteiger partial charge in [0.05, 0.1) is 5.69 Å². The normalized spacial score (nSPS) is 9.53. The van der Waals surface area contributed by atoms with Gasteiger partial charge in [0.2, 0.25) is 0 Å². The summed E-state index contributed by atoms with van der Waals surface area (Å²) >= 11 is 0. The Balaban J connectivity index is 0.00000121. The summed E-state index contributed by atoms with van der Waals surface area (Å²) in [6, 6.07) is 4.31. The van der Waals surface area contributed by atoms with Crippen LogP contribution in [0, 0.1) is 0 Å². The summed E-state index contributed by atoms with van der Waals surface area (Å²) in [6.45, 7) is 18.0. The summed E-state index contributed by atoms with van der Waals surface area (Å²) in [7, 11) is 0. The molecule has 1 nitrogen and oxygen atoms in total. The highest BCUT2D eigenvalue weighted by Gasteiger charge is 2.08. The van der Waals surface area contributed by atoms with Crippen LogP contribution in [0.3, 0.4) is 0 Å². The van der Waals surface area contributed by atoms with E-state index in [0.29, 0.717) is 5.92 Å². The lowest BCUT2D eigenvalue weighted by atomic mass is 9.92. The second-order valence-corrected chi connectivity index (χ2v) is 3.98. The molecule has 94 valence electrons. The molecule has 0 heterocycles. The number of rotatable bonds is 4. The highest BCUT2D eigenvalue weighted by atomic mass is 14.7. The van der Waals surface area contributed by atoms with Crippen LogP contribution in [0.1, 0.15) is 57.2 Å². The summed E-state index contributed by atoms with van der Waals surface area (Å²) in [4.78, 5) is 4.03. The van der Waals surface area contributed by atoms with E-state index >= 15 is 0 Å². The van der Waals surface area contributed by atoms with E-state index in [2.05, 4.69) is 51.2 Å². The molecule has 0 saturated carbocycles. The third-order valence-corrected chi connectivity index (χ3v) is 2.68. The average molecular weight is 231 g/mol. The van der Waals surface area contributed by atoms with Crippen molar-refractivity contribution in [2.75, 3.05) is 0 Å². The Hall–Kier alpha value is -1.37. The number of nitrogens with zero attached hydrogens (tertiary/aromatic N) is 1. The molecular formula is C16H25N. The van der Waals surface area contributed by atoms with Crippen molar-refractivity contribution in [1.29, 1.82) is 0 Å². The van der Waals surface area contributed by atoms with Gasteiger partial charge in [0.15, 0.2) is 0 Å². The third kappa shape index (κ3) is 3.85. The summed E-state index contributed by atoms with van der Waals surface area (Å²) in [5.41, 5.74) is 4.76. The van der Waals surface area contributed by atoms with Crippen molar-refractivity contribution in [3.63, 3.8) is 0 Å². The molecule has 0 bridgehead atoms. The van der Waals surface area contributed by atoms with Crippen LogP contribution in [0.2, 0.25) is 0 Å². The van der Waals surface area contributed by atoms with Crippen LogP contribution >= 0.6 is 0 Å². The zero-order chi connectivity index (χ0) is 13.4. The van der Waals surface area contributed by atoms with E-state index in [4.69, 9.17) is 0 Å². The van der Waals surface area contributed by atoms with Gasteiger partial charge in [0.1, 0.15) is 0 Å². The summed E-state index contributed by atoms with van der Waals surface area (Å²) in [5, 5.41) is 0. The Kier molecular flexibility index (Phi) is 7.20. The first-order valence-corrected chi connectivity index (χ1v) is 6.40. The van der Waals surface area contributed by atoms with Crippen LogP contribution < -0.4 is 0 Å². The SMILES string of the molecule is C=Cc1cc(C(C)C)c(CC)cc1N=C.CC. The number of hydrogen-bond donors (Lipinski definition) is 0. The van der Waals surface area contributed by atoms with Crippen molar-refractivity contribution < 1.29 is 0 Å². The van der Waals surface area contributed by atoms with Gasteiger partial charge in [-0.2, -0.15) is 0 Å². The number of aliphatic imine (C=N–C) groups is 1. The topological polar surface area (TPSA) is 12.4 Å². The lowest BCUT2D eigenvalue weighted by molar-refractivity contribution is 0.844. The molecule has 0 atom stereocenters. The molecule has 0 spiro atoms. The Morgan fingerprint density at radius 3 is 2.24 bits per heavy atom. The summed E-state index contributed by atoms with van der Waals surface area (Å²) < 4.78 is 0. The van der Waals surface area contributed by atoms with E-state index in [9.17, 15) is 0 Å². The van der Waals surface area contributed by atoms with Gasteiger partial charge >= 0.3 is 0 Å². The molecule has 0 aliphatic rings. The maximum atomic E-state index is 4.03. The summed E-state index contributed by atoms with van der Waals surface area (Å²) in [6.07, 6.45) is 2.88. The van der Waals surface area contributed by atoms with Crippen molar-refractivity contribution in [2.24, 2.45) is 4.99 Å². The second-order valence-electron chi connectivity index (χ2n) is 3.98. The second kappa shape index (κ2) is 7.83. The lowest BCUT2D eigenvalue weighted by Crippen LogP contribution is -1.96. The smallest absolute Gasteiger partial charge is 0.0697 e. The molecule has 0 radical (unpaired) electrons. The number of aryl methyl sites for hydroxylation is 1. The van der Waals surface area contributed by atoms with E-state index < -0.39 is 0 Å². The van der Waals surface area contributed by atoms with Crippen molar-refractivity contribution in [3.8, 4) is 0 Å². The van der Waals surface area contributed by atoms with Gasteiger partial charge in [0, 0.05) is 0 Å². The highest BCUT2D eigenvalue weighted by molar-refractivity contribution is 5.67. The first-order chi connectivity index (χ1) is 8.13. The molecule has 0 aliphatic carbocycles. The molecule has 0 unspecified atom stereocenters. The molecule has 0 aromatic heterocycles. The van der Waals surface area contributed by atoms with Crippen molar-refractivity contribution in [1.82, 2.24) is 0 Å². The van der Waals surface area contributed by atoms with Gasteiger partial charge in [0.25, 0.3) is 0 Å². The standard InChI is InChI=1S/C14H19N.C2H6/c1-6-11-9-14(15-5)12(7-2)8-13(11)10(3)4;1-2/h7-10H,2,5-6H2,1,3-4H3;1-2H3. The van der Waals surface area contributed by atoms with Crippen molar-refractivity contribution in [3.05, 3.63) is 35.4 Å². The monoisotopic (exact) mass is 231 g/mol. The molecule has 0 amide bonds. The predicted octanol–water partition coefficient (Wildman–Crippen LogP) is 5.37. The van der Waals surface area contributed by atoms with Crippen molar-refractivity contribution in [2.45, 2.75) is 47.0 Å². The van der Waals surface area contributed by atoms with Crippen molar-refractivity contribution >= 4 is 18.5 Å². The third-order valence-electron chi connectivity index (χ3n) is 2.68. The van der Waals surface area contributed by atoms with Gasteiger partial charge in [-0.25, -0.2) is 0 Å². The van der Waals surface area contributed by atoms with E-state index in [1.54, 1.807) is 0 Å². The minimum atomic E-state index is 0.539. The van der Waals surface area contributed by atoms with Crippen LogP contribution in [-0.2, 0) is 6.42 Å². The fourth-order valence-electron chi connectivity index (χ4n) is 1.81. The summed E-state index contributed by atoms with van der Waals surface area (Å²) in [5.74, 6) is 0.539. The predicted molar refractivity (Wildman–Crippen MR) is 80.6 cm³/mol. The Bertz CT molecular complexity index is 375. The zero-order valence-electron chi connectivity index (χ0n) is 11.9. The van der Waals surface area contributed by atoms with Gasteiger partial charge in [-0.15, -0.1) is 0 Å². The van der Waals surface area contributed by atoms with Crippen LogP contribution in [0.5, 0.6) is 0 Å². The van der Waals surface area contributed by atoms with E-state index in [1.165, 1.54) is 11.1 Å². The molecule has 1 aromatic carbocycles.